The van der Waals surface area contributed by atoms with Gasteiger partial charge in [0.2, 0.25) is 0 Å². The Balaban J connectivity index is 4.72. The number of hydrogen-bond acceptors (Lipinski definition) is 4. The molecule has 0 atom stereocenters. The first kappa shape index (κ1) is 12.6. The highest BCUT2D eigenvalue weighted by molar-refractivity contribution is 5.86. The smallest absolute Gasteiger partial charge is 0.355 e. The summed E-state index contributed by atoms with van der Waals surface area (Å²) in [5, 5.41) is 17.7. The van der Waals surface area contributed by atoms with E-state index in [2.05, 4.69) is 16.0 Å². The molecule has 0 heterocycles. The standard InChI is InChI=1S/C9H19N3O2/c1-4-10-7(9(13)14)8(11-5-2)12-6-3/h10-12H,4-6H2,1-3H3,(H,13,14). The largest absolute Gasteiger partial charge is 0.476 e. The number of aliphatic carboxylic acids is 1. The lowest BCUT2D eigenvalue weighted by atomic mass is 10.4. The Kier molecular flexibility index (Phi) is 6.36. The summed E-state index contributed by atoms with van der Waals surface area (Å²) >= 11 is 0. The minimum Gasteiger partial charge on any atom is -0.476 e. The highest BCUT2D eigenvalue weighted by Crippen LogP contribution is 1.94. The van der Waals surface area contributed by atoms with Gasteiger partial charge in [-0.1, -0.05) is 0 Å². The van der Waals surface area contributed by atoms with E-state index in [1.165, 1.54) is 0 Å². The minimum absolute atomic E-state index is 0.191. The van der Waals surface area contributed by atoms with E-state index in [0.717, 1.165) is 0 Å². The molecule has 0 aromatic heterocycles. The molecule has 5 nitrogen and oxygen atoms in total. The normalized spacial score (nSPS) is 9.07. The number of nitrogens with one attached hydrogen (secondary N) is 3. The molecule has 0 saturated carbocycles. The Labute approximate surface area is 84.6 Å². The first-order chi connectivity index (χ1) is 6.67. The second kappa shape index (κ2) is 7.06. The summed E-state index contributed by atoms with van der Waals surface area (Å²) in [4.78, 5) is 10.9. The molecule has 0 aliphatic heterocycles. The number of carboxylic acids is 1. The van der Waals surface area contributed by atoms with E-state index in [4.69, 9.17) is 5.11 Å². The van der Waals surface area contributed by atoms with Crippen molar-refractivity contribution in [2.75, 3.05) is 19.6 Å². The number of carboxylic acid groups (broad SMARTS) is 1. The van der Waals surface area contributed by atoms with Crippen LogP contribution in [0.3, 0.4) is 0 Å². The third-order valence-electron chi connectivity index (χ3n) is 1.52. The first-order valence-corrected chi connectivity index (χ1v) is 4.86. The van der Waals surface area contributed by atoms with Crippen molar-refractivity contribution in [3.8, 4) is 0 Å². The summed E-state index contributed by atoms with van der Waals surface area (Å²) in [7, 11) is 0. The average Bonchev–Trinajstić information content (AvgIpc) is 2.13. The summed E-state index contributed by atoms with van der Waals surface area (Å²) in [6.45, 7) is 7.65. The molecule has 0 fully saturated rings. The number of rotatable bonds is 7. The summed E-state index contributed by atoms with van der Waals surface area (Å²) in [6, 6.07) is 0. The zero-order valence-corrected chi connectivity index (χ0v) is 8.98. The SMILES string of the molecule is CCNC(NCC)=C(NCC)C(=O)O. The van der Waals surface area contributed by atoms with E-state index in [9.17, 15) is 4.79 Å². The van der Waals surface area contributed by atoms with Gasteiger partial charge in [-0.15, -0.1) is 0 Å². The van der Waals surface area contributed by atoms with Gasteiger partial charge in [-0.3, -0.25) is 0 Å². The lowest BCUT2D eigenvalue weighted by molar-refractivity contribution is -0.133. The van der Waals surface area contributed by atoms with Crippen LogP contribution in [-0.2, 0) is 4.79 Å². The Hall–Kier alpha value is -1.39. The van der Waals surface area contributed by atoms with E-state index in [0.29, 0.717) is 25.5 Å². The predicted octanol–water partition coefficient (Wildman–Crippen LogP) is 0.0686. The summed E-state index contributed by atoms with van der Waals surface area (Å²) in [5.74, 6) is -0.409. The van der Waals surface area contributed by atoms with E-state index >= 15 is 0 Å². The molecule has 0 aromatic carbocycles. The molecule has 0 aliphatic rings. The average molecular weight is 201 g/mol. The number of likely N-dealkylation sites (N-methyl/N-ethyl adjacent to an activating group) is 1. The van der Waals surface area contributed by atoms with Crippen LogP contribution in [0.15, 0.2) is 11.5 Å². The molecule has 14 heavy (non-hydrogen) atoms. The topological polar surface area (TPSA) is 73.4 Å². The van der Waals surface area contributed by atoms with Gasteiger partial charge in [-0.2, -0.15) is 0 Å². The van der Waals surface area contributed by atoms with Gasteiger partial charge in [0.1, 0.15) is 5.82 Å². The Morgan fingerprint density at radius 1 is 1.00 bits per heavy atom. The molecule has 0 saturated heterocycles. The fourth-order valence-electron chi connectivity index (χ4n) is 1.04. The van der Waals surface area contributed by atoms with Crippen LogP contribution in [0.4, 0.5) is 0 Å². The number of carbonyl (C=O) groups is 1. The fraction of sp³-hybridized carbons (Fsp3) is 0.667. The van der Waals surface area contributed by atoms with Crippen LogP contribution >= 0.6 is 0 Å². The van der Waals surface area contributed by atoms with Crippen LogP contribution < -0.4 is 16.0 Å². The van der Waals surface area contributed by atoms with Gasteiger partial charge in [0.25, 0.3) is 0 Å². The molecule has 0 radical (unpaired) electrons. The number of hydrogen-bond donors (Lipinski definition) is 4. The maximum Gasteiger partial charge on any atom is 0.355 e. The molecule has 0 aliphatic carbocycles. The zero-order chi connectivity index (χ0) is 11.0. The van der Waals surface area contributed by atoms with Gasteiger partial charge in [0.15, 0.2) is 5.70 Å². The second-order valence-corrected chi connectivity index (χ2v) is 2.65. The van der Waals surface area contributed by atoms with Gasteiger partial charge in [-0.05, 0) is 20.8 Å². The van der Waals surface area contributed by atoms with Gasteiger partial charge < -0.3 is 21.1 Å². The molecule has 0 spiro atoms. The van der Waals surface area contributed by atoms with Crippen molar-refractivity contribution in [3.05, 3.63) is 11.5 Å². The molecule has 82 valence electrons. The maximum atomic E-state index is 10.9. The Morgan fingerprint density at radius 2 is 1.43 bits per heavy atom. The van der Waals surface area contributed by atoms with Crippen LogP contribution in [0.1, 0.15) is 20.8 Å². The Bertz CT molecular complexity index is 206. The third-order valence-corrected chi connectivity index (χ3v) is 1.52. The van der Waals surface area contributed by atoms with Crippen LogP contribution in [0, 0.1) is 0 Å². The monoisotopic (exact) mass is 201 g/mol. The van der Waals surface area contributed by atoms with Crippen LogP contribution in [-0.4, -0.2) is 30.7 Å². The predicted molar refractivity (Wildman–Crippen MR) is 55.7 cm³/mol. The highest BCUT2D eigenvalue weighted by Gasteiger charge is 2.12. The second-order valence-electron chi connectivity index (χ2n) is 2.65. The van der Waals surface area contributed by atoms with Crippen molar-refractivity contribution in [3.63, 3.8) is 0 Å². The van der Waals surface area contributed by atoms with Gasteiger partial charge in [0, 0.05) is 19.6 Å². The zero-order valence-electron chi connectivity index (χ0n) is 8.98. The van der Waals surface area contributed by atoms with Crippen LogP contribution in [0.5, 0.6) is 0 Å². The van der Waals surface area contributed by atoms with Gasteiger partial charge in [-0.25, -0.2) is 4.79 Å². The Morgan fingerprint density at radius 3 is 1.71 bits per heavy atom. The molecule has 0 rings (SSSR count). The van der Waals surface area contributed by atoms with E-state index in [1.54, 1.807) is 0 Å². The van der Waals surface area contributed by atoms with E-state index in [1.807, 2.05) is 20.8 Å². The summed E-state index contributed by atoms with van der Waals surface area (Å²) in [5.41, 5.74) is 0.191. The molecule has 0 bridgehead atoms. The maximum absolute atomic E-state index is 10.9. The summed E-state index contributed by atoms with van der Waals surface area (Å²) in [6.07, 6.45) is 0. The third kappa shape index (κ3) is 4.02. The van der Waals surface area contributed by atoms with Crippen LogP contribution in [0.25, 0.3) is 0 Å². The lowest BCUT2D eigenvalue weighted by Gasteiger charge is -2.15. The van der Waals surface area contributed by atoms with E-state index in [-0.39, 0.29) is 5.70 Å². The van der Waals surface area contributed by atoms with Crippen molar-refractivity contribution >= 4 is 5.97 Å². The van der Waals surface area contributed by atoms with Crippen molar-refractivity contribution in [1.82, 2.24) is 16.0 Å². The molecule has 4 N–H and O–H groups in total. The molecule has 5 heteroatoms. The minimum atomic E-state index is -0.955. The molecule has 0 unspecified atom stereocenters. The molecule has 0 amide bonds. The van der Waals surface area contributed by atoms with Crippen molar-refractivity contribution < 1.29 is 9.90 Å². The molecular weight excluding hydrogens is 182 g/mol. The van der Waals surface area contributed by atoms with Crippen molar-refractivity contribution in [2.24, 2.45) is 0 Å². The quantitative estimate of drug-likeness (QED) is 0.439. The highest BCUT2D eigenvalue weighted by atomic mass is 16.4. The van der Waals surface area contributed by atoms with Gasteiger partial charge in [0.05, 0.1) is 0 Å². The van der Waals surface area contributed by atoms with Crippen molar-refractivity contribution in [2.45, 2.75) is 20.8 Å². The fourth-order valence-corrected chi connectivity index (χ4v) is 1.04. The molecular formula is C9H19N3O2. The van der Waals surface area contributed by atoms with Crippen LogP contribution in [0.2, 0.25) is 0 Å². The lowest BCUT2D eigenvalue weighted by Crippen LogP contribution is -2.34. The van der Waals surface area contributed by atoms with Crippen molar-refractivity contribution in [1.29, 1.82) is 0 Å². The van der Waals surface area contributed by atoms with E-state index < -0.39 is 5.97 Å². The first-order valence-electron chi connectivity index (χ1n) is 4.86. The molecule has 0 aromatic rings. The van der Waals surface area contributed by atoms with Gasteiger partial charge >= 0.3 is 5.97 Å². The summed E-state index contributed by atoms with van der Waals surface area (Å²) < 4.78 is 0.